The summed E-state index contributed by atoms with van der Waals surface area (Å²) in [6.07, 6.45) is 0. The quantitative estimate of drug-likeness (QED) is 0.899. The first-order valence-corrected chi connectivity index (χ1v) is 6.62. The summed E-state index contributed by atoms with van der Waals surface area (Å²) < 4.78 is 0. The predicted octanol–water partition coefficient (Wildman–Crippen LogP) is 3.06. The molecule has 0 bridgehead atoms. The molecule has 4 nitrogen and oxygen atoms in total. The van der Waals surface area contributed by atoms with Crippen molar-refractivity contribution in [1.82, 2.24) is 10.3 Å². The molecule has 2 N–H and O–H groups in total. The summed E-state index contributed by atoms with van der Waals surface area (Å²) >= 11 is 0. The van der Waals surface area contributed by atoms with E-state index in [1.165, 1.54) is 0 Å². The minimum Gasteiger partial charge on any atom is -0.358 e. The van der Waals surface area contributed by atoms with Crippen molar-refractivity contribution >= 4 is 16.8 Å². The van der Waals surface area contributed by atoms with Gasteiger partial charge in [0.2, 0.25) is 0 Å². The molecule has 0 saturated heterocycles. The second-order valence-corrected chi connectivity index (χ2v) is 5.81. The Bertz CT molecular complexity index is 704. The minimum atomic E-state index is -0.555. The molecule has 0 atom stereocenters. The number of hydrogen-bond donors (Lipinski definition) is 2. The Kier molecular flexibility index (Phi) is 3.54. The monoisotopic (exact) mass is 269 g/mol. The van der Waals surface area contributed by atoms with E-state index in [-0.39, 0.29) is 5.91 Å². The molecule has 0 aliphatic carbocycles. The fourth-order valence-corrected chi connectivity index (χ4v) is 2.05. The molecule has 0 aliphatic rings. The van der Waals surface area contributed by atoms with Crippen LogP contribution >= 0.6 is 0 Å². The number of benzene rings is 1. The summed E-state index contributed by atoms with van der Waals surface area (Å²) in [4.78, 5) is 15.4. The third kappa shape index (κ3) is 2.67. The third-order valence-corrected chi connectivity index (χ3v) is 3.56. The fourth-order valence-electron chi connectivity index (χ4n) is 2.05. The number of rotatable bonds is 3. The summed E-state index contributed by atoms with van der Waals surface area (Å²) in [5.74, 6) is -0.145. The molecule has 1 aromatic carbocycles. The van der Waals surface area contributed by atoms with Crippen molar-refractivity contribution in [3.63, 3.8) is 0 Å². The minimum absolute atomic E-state index is 0.145. The molecule has 0 radical (unpaired) electrons. The lowest BCUT2D eigenvalue weighted by Gasteiger charge is -2.15. The number of nitrogens with zero attached hydrogens (tertiary/aromatic N) is 1. The molecule has 0 unspecified atom stereocenters. The smallest absolute Gasteiger partial charge is 0.251 e. The van der Waals surface area contributed by atoms with Gasteiger partial charge in [0.05, 0.1) is 11.5 Å². The van der Waals surface area contributed by atoms with Crippen LogP contribution in [-0.2, 0) is 0 Å². The van der Waals surface area contributed by atoms with Crippen LogP contribution in [-0.4, -0.2) is 17.4 Å². The van der Waals surface area contributed by atoms with Crippen molar-refractivity contribution < 1.29 is 4.79 Å². The lowest BCUT2D eigenvalue weighted by Crippen LogP contribution is -2.33. The lowest BCUT2D eigenvalue weighted by molar-refractivity contribution is 0.0944. The predicted molar refractivity (Wildman–Crippen MR) is 79.5 cm³/mol. The van der Waals surface area contributed by atoms with Gasteiger partial charge in [0.1, 0.15) is 0 Å². The molecule has 2 rings (SSSR count). The maximum atomic E-state index is 12.1. The van der Waals surface area contributed by atoms with Gasteiger partial charge >= 0.3 is 0 Å². The highest BCUT2D eigenvalue weighted by Crippen LogP contribution is 2.22. The summed E-state index contributed by atoms with van der Waals surface area (Å²) in [6.45, 7) is 8.00. The molecule has 1 aromatic heterocycles. The zero-order valence-corrected chi connectivity index (χ0v) is 12.3. The molecule has 20 heavy (non-hydrogen) atoms. The number of amides is 1. The number of hydrogen-bond acceptors (Lipinski definition) is 2. The molecule has 0 spiro atoms. The second kappa shape index (κ2) is 5.01. The van der Waals surface area contributed by atoms with E-state index in [1.54, 1.807) is 19.9 Å². The fraction of sp³-hybridized carbons (Fsp3) is 0.375. The Balaban J connectivity index is 2.23. The van der Waals surface area contributed by atoms with Crippen molar-refractivity contribution in [2.45, 2.75) is 27.7 Å². The van der Waals surface area contributed by atoms with E-state index in [0.29, 0.717) is 12.1 Å². The molecule has 104 valence electrons. The van der Waals surface area contributed by atoms with Gasteiger partial charge in [0.15, 0.2) is 0 Å². The third-order valence-electron chi connectivity index (χ3n) is 3.56. The summed E-state index contributed by atoms with van der Waals surface area (Å²) in [5, 5.41) is 12.8. The second-order valence-electron chi connectivity index (χ2n) is 5.81. The average Bonchev–Trinajstić information content (AvgIpc) is 2.71. The Morgan fingerprint density at radius 2 is 2.10 bits per heavy atom. The summed E-state index contributed by atoms with van der Waals surface area (Å²) in [6, 6.07) is 7.78. The van der Waals surface area contributed by atoms with Gasteiger partial charge in [-0.2, -0.15) is 5.26 Å². The van der Waals surface area contributed by atoms with Gasteiger partial charge in [-0.3, -0.25) is 4.79 Å². The summed E-state index contributed by atoms with van der Waals surface area (Å²) in [7, 11) is 0. The number of aryl methyl sites for hydroxylation is 2. The van der Waals surface area contributed by atoms with Crippen LogP contribution in [0, 0.1) is 30.6 Å². The molecule has 4 heteroatoms. The number of aromatic nitrogens is 1. The Morgan fingerprint density at radius 1 is 1.40 bits per heavy atom. The molecular weight excluding hydrogens is 250 g/mol. The Morgan fingerprint density at radius 3 is 2.75 bits per heavy atom. The van der Waals surface area contributed by atoms with E-state index in [4.69, 9.17) is 5.26 Å². The van der Waals surface area contributed by atoms with Crippen LogP contribution in [0.1, 0.15) is 35.5 Å². The SMILES string of the molecule is Cc1[nH]c2ccc(C(=O)NCC(C)(C)C#N)cc2c1C. The van der Waals surface area contributed by atoms with Crippen molar-refractivity contribution in [3.05, 3.63) is 35.0 Å². The van der Waals surface area contributed by atoms with Crippen LogP contribution in [0.3, 0.4) is 0 Å². The van der Waals surface area contributed by atoms with Crippen LogP contribution in [0.5, 0.6) is 0 Å². The molecule has 2 aromatic rings. The van der Waals surface area contributed by atoms with Crippen LogP contribution in [0.2, 0.25) is 0 Å². The van der Waals surface area contributed by atoms with Crippen molar-refractivity contribution in [1.29, 1.82) is 5.26 Å². The maximum Gasteiger partial charge on any atom is 0.251 e. The van der Waals surface area contributed by atoms with Crippen LogP contribution in [0.4, 0.5) is 0 Å². The van der Waals surface area contributed by atoms with Gasteiger partial charge in [-0.05, 0) is 51.5 Å². The summed E-state index contributed by atoms with van der Waals surface area (Å²) in [5.41, 5.74) is 3.37. The molecule has 0 fully saturated rings. The molecule has 1 heterocycles. The first kappa shape index (κ1) is 14.1. The highest BCUT2D eigenvalue weighted by molar-refractivity contribution is 5.99. The van der Waals surface area contributed by atoms with Gasteiger partial charge in [-0.25, -0.2) is 0 Å². The Labute approximate surface area is 118 Å². The van der Waals surface area contributed by atoms with Crippen molar-refractivity contribution in [2.75, 3.05) is 6.54 Å². The first-order valence-electron chi connectivity index (χ1n) is 6.62. The highest BCUT2D eigenvalue weighted by atomic mass is 16.1. The molecule has 0 saturated carbocycles. The largest absolute Gasteiger partial charge is 0.358 e. The van der Waals surface area contributed by atoms with Gasteiger partial charge in [-0.15, -0.1) is 0 Å². The zero-order valence-electron chi connectivity index (χ0n) is 12.3. The van der Waals surface area contributed by atoms with Crippen LogP contribution in [0.15, 0.2) is 18.2 Å². The number of nitriles is 1. The Hall–Kier alpha value is -2.28. The normalized spacial score (nSPS) is 11.3. The van der Waals surface area contributed by atoms with E-state index in [1.807, 2.05) is 26.0 Å². The van der Waals surface area contributed by atoms with Gasteiger partial charge in [-0.1, -0.05) is 0 Å². The molecule has 0 aliphatic heterocycles. The topological polar surface area (TPSA) is 68.7 Å². The van der Waals surface area contributed by atoms with E-state index in [2.05, 4.69) is 16.4 Å². The van der Waals surface area contributed by atoms with E-state index < -0.39 is 5.41 Å². The number of nitrogens with one attached hydrogen (secondary N) is 2. The average molecular weight is 269 g/mol. The maximum absolute atomic E-state index is 12.1. The zero-order chi connectivity index (χ0) is 14.9. The van der Waals surface area contributed by atoms with Gasteiger partial charge < -0.3 is 10.3 Å². The van der Waals surface area contributed by atoms with E-state index in [0.717, 1.165) is 22.2 Å². The number of aromatic amines is 1. The van der Waals surface area contributed by atoms with E-state index in [9.17, 15) is 4.79 Å². The number of fused-ring (bicyclic) bond motifs is 1. The molecule has 1 amide bonds. The van der Waals surface area contributed by atoms with Crippen LogP contribution in [0.25, 0.3) is 10.9 Å². The molecular formula is C16H19N3O. The highest BCUT2D eigenvalue weighted by Gasteiger charge is 2.18. The lowest BCUT2D eigenvalue weighted by atomic mass is 9.96. The standard InChI is InChI=1S/C16H19N3O/c1-10-11(2)19-14-6-5-12(7-13(10)14)15(20)18-9-16(3,4)8-17/h5-7,19H,9H2,1-4H3,(H,18,20). The number of H-pyrrole nitrogens is 1. The van der Waals surface area contributed by atoms with Gasteiger partial charge in [0, 0.05) is 28.7 Å². The number of carbonyl (C=O) groups excluding carboxylic acids is 1. The van der Waals surface area contributed by atoms with E-state index >= 15 is 0 Å². The first-order chi connectivity index (χ1) is 9.34. The van der Waals surface area contributed by atoms with Crippen molar-refractivity contribution in [2.24, 2.45) is 5.41 Å². The van der Waals surface area contributed by atoms with Gasteiger partial charge in [0.25, 0.3) is 5.91 Å². The number of carbonyl (C=O) groups is 1. The van der Waals surface area contributed by atoms with Crippen LogP contribution < -0.4 is 5.32 Å². The van der Waals surface area contributed by atoms with Crippen molar-refractivity contribution in [3.8, 4) is 6.07 Å².